The largest absolute Gasteiger partial charge is 0.658 e. The van der Waals surface area contributed by atoms with Crippen LogP contribution < -0.4 is 9.31 Å². The monoisotopic (exact) mass is 631 g/mol. The smallest absolute Gasteiger partial charge is 0.524 e. The molecule has 0 aliphatic rings. The quantitative estimate of drug-likeness (QED) is 0.187. The van der Waals surface area contributed by atoms with E-state index < -0.39 is 46.5 Å². The molecule has 0 amide bonds. The van der Waals surface area contributed by atoms with Gasteiger partial charge in [0.25, 0.3) is 0 Å². The van der Waals surface area contributed by atoms with Gasteiger partial charge in [-0.2, -0.15) is 0 Å². The number of nitrogens with zero attached hydrogens (tertiary/aromatic N) is 2. The lowest BCUT2D eigenvalue weighted by atomic mass is 10.1. The Morgan fingerprint density at radius 2 is 0.733 bits per heavy atom. The van der Waals surface area contributed by atoms with Crippen molar-refractivity contribution in [2.75, 3.05) is 0 Å². The third-order valence-corrected chi connectivity index (χ3v) is 5.87. The summed E-state index contributed by atoms with van der Waals surface area (Å²) in [6.07, 6.45) is -1.43. The molecular weight excluding hydrogens is 583 g/mol. The maximum atomic E-state index is 13.3. The van der Waals surface area contributed by atoms with Gasteiger partial charge in [0.2, 0.25) is 0 Å². The van der Waals surface area contributed by atoms with Crippen LogP contribution in [0.1, 0.15) is 127 Å². The van der Waals surface area contributed by atoms with E-state index in [1.165, 1.54) is 9.13 Å². The Balaban J connectivity index is 2.62. The molecular formula is C32H48BN2O10. The summed E-state index contributed by atoms with van der Waals surface area (Å²) in [6, 6.07) is 0. The summed E-state index contributed by atoms with van der Waals surface area (Å²) in [4.78, 5) is 53.0. The van der Waals surface area contributed by atoms with Gasteiger partial charge in [-0.25, -0.2) is 28.3 Å². The lowest BCUT2D eigenvalue weighted by Gasteiger charge is -2.21. The molecule has 0 spiro atoms. The van der Waals surface area contributed by atoms with E-state index in [2.05, 4.69) is 0 Å². The van der Waals surface area contributed by atoms with Gasteiger partial charge in [0.15, 0.2) is 0 Å². The zero-order valence-electron chi connectivity index (χ0n) is 29.6. The second kappa shape index (κ2) is 12.8. The lowest BCUT2D eigenvalue weighted by molar-refractivity contribution is 0.00544. The molecule has 0 fully saturated rings. The first kappa shape index (κ1) is 37.3. The SMILES string of the molecule is Cc1c(O[B]Oc2c(C(=O)OC(C)(C)C)c(C)n(C(=O)OC(C)(C)C)c2C)c(C(=O)OC(C)(C)C)c(C)n1C(=O)OC(C)(C)C. The van der Waals surface area contributed by atoms with Crippen LogP contribution in [0, 0.1) is 27.7 Å². The van der Waals surface area contributed by atoms with E-state index in [-0.39, 0.29) is 45.4 Å². The fourth-order valence-corrected chi connectivity index (χ4v) is 4.33. The number of carbonyl (C=O) groups excluding carboxylic acids is 4. The van der Waals surface area contributed by atoms with Crippen molar-refractivity contribution >= 4 is 31.8 Å². The van der Waals surface area contributed by atoms with E-state index in [0.29, 0.717) is 0 Å². The van der Waals surface area contributed by atoms with Gasteiger partial charge in [-0.15, -0.1) is 0 Å². The van der Waals surface area contributed by atoms with Crippen molar-refractivity contribution in [3.63, 3.8) is 0 Å². The highest BCUT2D eigenvalue weighted by Gasteiger charge is 2.35. The molecule has 0 saturated heterocycles. The van der Waals surface area contributed by atoms with Gasteiger partial charge in [0, 0.05) is 11.4 Å². The molecule has 0 aliphatic carbocycles. The van der Waals surface area contributed by atoms with Crippen LogP contribution in [0.3, 0.4) is 0 Å². The molecule has 13 heteroatoms. The molecule has 249 valence electrons. The average molecular weight is 632 g/mol. The van der Waals surface area contributed by atoms with Crippen LogP contribution in [0.25, 0.3) is 0 Å². The molecule has 0 N–H and O–H groups in total. The minimum Gasteiger partial charge on any atom is -0.524 e. The first-order valence-corrected chi connectivity index (χ1v) is 14.7. The van der Waals surface area contributed by atoms with Crippen molar-refractivity contribution in [2.45, 2.75) is 133 Å². The fraction of sp³-hybridized carbons (Fsp3) is 0.625. The van der Waals surface area contributed by atoms with Crippen LogP contribution in [-0.4, -0.2) is 63.3 Å². The van der Waals surface area contributed by atoms with Gasteiger partial charge in [-0.1, -0.05) is 0 Å². The summed E-state index contributed by atoms with van der Waals surface area (Å²) < 4.78 is 36.5. The van der Waals surface area contributed by atoms with Crippen molar-refractivity contribution in [1.29, 1.82) is 0 Å². The molecule has 0 saturated carbocycles. The summed E-state index contributed by atoms with van der Waals surface area (Å²) in [5, 5.41) is 0. The number of ether oxygens (including phenoxy) is 4. The van der Waals surface area contributed by atoms with Crippen molar-refractivity contribution in [1.82, 2.24) is 9.13 Å². The van der Waals surface area contributed by atoms with Crippen molar-refractivity contribution < 1.29 is 47.4 Å². The molecule has 1 radical (unpaired) electrons. The summed E-state index contributed by atoms with van der Waals surface area (Å²) in [6.45, 7) is 26.9. The first-order valence-electron chi connectivity index (χ1n) is 14.7. The molecule has 2 heterocycles. The number of carbonyl (C=O) groups is 4. The molecule has 2 aromatic rings. The van der Waals surface area contributed by atoms with Crippen LogP contribution >= 0.6 is 0 Å². The third kappa shape index (κ3) is 9.55. The van der Waals surface area contributed by atoms with E-state index in [1.54, 1.807) is 111 Å². The van der Waals surface area contributed by atoms with Crippen LogP contribution in [0.2, 0.25) is 0 Å². The molecule has 2 rings (SSSR count). The fourth-order valence-electron chi connectivity index (χ4n) is 4.33. The predicted molar refractivity (Wildman–Crippen MR) is 168 cm³/mol. The zero-order chi connectivity index (χ0) is 35.0. The highest BCUT2D eigenvalue weighted by molar-refractivity contribution is 6.22. The van der Waals surface area contributed by atoms with Crippen LogP contribution in [-0.2, 0) is 18.9 Å². The molecule has 2 aromatic heterocycles. The van der Waals surface area contributed by atoms with Gasteiger partial charge in [0.05, 0.1) is 11.4 Å². The molecule has 45 heavy (non-hydrogen) atoms. The van der Waals surface area contributed by atoms with Gasteiger partial charge >= 0.3 is 31.8 Å². The highest BCUT2D eigenvalue weighted by Crippen LogP contribution is 2.35. The Hall–Kier alpha value is -3.90. The van der Waals surface area contributed by atoms with E-state index in [4.69, 9.17) is 28.3 Å². The Kier molecular flexibility index (Phi) is 10.6. The van der Waals surface area contributed by atoms with E-state index >= 15 is 0 Å². The summed E-state index contributed by atoms with van der Waals surface area (Å²) in [7, 11) is 0.907. The molecule has 0 bridgehead atoms. The van der Waals surface area contributed by atoms with Crippen molar-refractivity contribution in [3.05, 3.63) is 33.9 Å². The van der Waals surface area contributed by atoms with Gasteiger partial charge in [-0.3, -0.25) is 0 Å². The maximum Gasteiger partial charge on any atom is 0.658 e. The molecule has 0 aliphatic heterocycles. The minimum absolute atomic E-state index is 0.0141. The van der Waals surface area contributed by atoms with Gasteiger partial charge in [0.1, 0.15) is 45.0 Å². The van der Waals surface area contributed by atoms with Crippen LogP contribution in [0.4, 0.5) is 9.59 Å². The molecule has 0 atom stereocenters. The zero-order valence-corrected chi connectivity index (χ0v) is 29.6. The first-order chi connectivity index (χ1) is 20.1. The summed E-state index contributed by atoms with van der Waals surface area (Å²) in [5.41, 5.74) is -2.37. The van der Waals surface area contributed by atoms with E-state index in [0.717, 1.165) is 7.69 Å². The Bertz CT molecular complexity index is 1360. The average Bonchev–Trinajstić information content (AvgIpc) is 3.17. The topological polar surface area (TPSA) is 134 Å². The highest BCUT2D eigenvalue weighted by atomic mass is 16.6. The normalized spacial score (nSPS) is 12.4. The van der Waals surface area contributed by atoms with Gasteiger partial charge < -0.3 is 28.3 Å². The second-order valence-corrected chi connectivity index (χ2v) is 14.7. The Morgan fingerprint density at radius 1 is 0.467 bits per heavy atom. The number of rotatable bonds is 6. The van der Waals surface area contributed by atoms with E-state index in [1.807, 2.05) is 0 Å². The minimum atomic E-state index is -0.843. The van der Waals surface area contributed by atoms with Crippen LogP contribution in [0.15, 0.2) is 0 Å². The maximum absolute atomic E-state index is 13.3. The second-order valence-electron chi connectivity index (χ2n) is 14.7. The standard InChI is InChI=1S/C32H48BN2O10/c1-17-21(25(36)40-29(5,6)7)23(19(3)34(17)27(38)42-31(11,12)13)44-33-45-24-20(4)35(28(39)43-32(14,15)16)18(2)22(24)26(37)41-30(8,9)10/h1-16H3. The molecule has 12 nitrogen and oxygen atoms in total. The number of esters is 2. The molecule has 0 unspecified atom stereocenters. The lowest BCUT2D eigenvalue weighted by Crippen LogP contribution is -2.28. The Morgan fingerprint density at radius 3 is 0.978 bits per heavy atom. The van der Waals surface area contributed by atoms with Gasteiger partial charge in [-0.05, 0) is 111 Å². The predicted octanol–water partition coefficient (Wildman–Crippen LogP) is 6.99. The van der Waals surface area contributed by atoms with Crippen molar-refractivity contribution in [3.8, 4) is 11.5 Å². The summed E-state index contributed by atoms with van der Waals surface area (Å²) >= 11 is 0. The van der Waals surface area contributed by atoms with Crippen LogP contribution in [0.5, 0.6) is 11.5 Å². The number of hydrogen-bond acceptors (Lipinski definition) is 10. The third-order valence-electron chi connectivity index (χ3n) is 5.87. The Labute approximate surface area is 266 Å². The van der Waals surface area contributed by atoms with E-state index in [9.17, 15) is 19.2 Å². The summed E-state index contributed by atoms with van der Waals surface area (Å²) in [5.74, 6) is -1.50. The number of hydrogen-bond donors (Lipinski definition) is 0. The molecule has 0 aromatic carbocycles. The number of aromatic nitrogens is 2. The van der Waals surface area contributed by atoms with Crippen molar-refractivity contribution in [2.24, 2.45) is 0 Å².